The van der Waals surface area contributed by atoms with E-state index >= 15 is 0 Å². The van der Waals surface area contributed by atoms with Crippen LogP contribution in [-0.4, -0.2) is 52.4 Å². The molecule has 0 aliphatic rings. The standard InChI is InChI=1S/C22H27N3O4/c1-17(21(27)28)25(16-19-11-7-4-8-12-19)20(26)13-14-23-22(29)24(2)15-18-9-5-3-6-10-18/h3-12,17H,13-16H2,1-2H3,(H,23,29)(H,27,28). The van der Waals surface area contributed by atoms with Gasteiger partial charge in [0.2, 0.25) is 5.91 Å². The fraction of sp³-hybridized carbons (Fsp3) is 0.318. The molecule has 29 heavy (non-hydrogen) atoms. The third-order valence-electron chi connectivity index (χ3n) is 4.57. The van der Waals surface area contributed by atoms with Gasteiger partial charge in [0.1, 0.15) is 6.04 Å². The molecular weight excluding hydrogens is 370 g/mol. The van der Waals surface area contributed by atoms with Crippen molar-refractivity contribution in [2.45, 2.75) is 32.5 Å². The monoisotopic (exact) mass is 397 g/mol. The van der Waals surface area contributed by atoms with Gasteiger partial charge in [-0.25, -0.2) is 9.59 Å². The Balaban J connectivity index is 1.88. The van der Waals surface area contributed by atoms with Crippen molar-refractivity contribution >= 4 is 17.9 Å². The minimum atomic E-state index is -1.07. The summed E-state index contributed by atoms with van der Waals surface area (Å²) < 4.78 is 0. The van der Waals surface area contributed by atoms with Crippen molar-refractivity contribution in [1.82, 2.24) is 15.1 Å². The lowest BCUT2D eigenvalue weighted by molar-refractivity contribution is -0.150. The van der Waals surface area contributed by atoms with Crippen molar-refractivity contribution in [3.05, 3.63) is 71.8 Å². The topological polar surface area (TPSA) is 90.0 Å². The molecule has 2 N–H and O–H groups in total. The Morgan fingerprint density at radius 1 is 0.931 bits per heavy atom. The second-order valence-electron chi connectivity index (χ2n) is 6.85. The lowest BCUT2D eigenvalue weighted by Gasteiger charge is -2.27. The normalized spacial score (nSPS) is 11.4. The number of nitrogens with one attached hydrogen (secondary N) is 1. The average molecular weight is 397 g/mol. The van der Waals surface area contributed by atoms with Crippen molar-refractivity contribution in [2.75, 3.05) is 13.6 Å². The second kappa shape index (κ2) is 10.8. The third-order valence-corrected chi connectivity index (χ3v) is 4.57. The number of rotatable bonds is 9. The molecule has 7 nitrogen and oxygen atoms in total. The molecule has 0 aliphatic heterocycles. The van der Waals surface area contributed by atoms with Crippen LogP contribution in [0.3, 0.4) is 0 Å². The highest BCUT2D eigenvalue weighted by Gasteiger charge is 2.25. The largest absolute Gasteiger partial charge is 0.480 e. The zero-order valence-electron chi connectivity index (χ0n) is 16.7. The number of hydrogen-bond donors (Lipinski definition) is 2. The van der Waals surface area contributed by atoms with Gasteiger partial charge >= 0.3 is 12.0 Å². The van der Waals surface area contributed by atoms with E-state index in [-0.39, 0.29) is 31.4 Å². The number of urea groups is 1. The van der Waals surface area contributed by atoms with Crippen LogP contribution in [0.1, 0.15) is 24.5 Å². The van der Waals surface area contributed by atoms with E-state index in [2.05, 4.69) is 5.32 Å². The summed E-state index contributed by atoms with van der Waals surface area (Å²) in [5, 5.41) is 12.0. The maximum Gasteiger partial charge on any atom is 0.326 e. The minimum absolute atomic E-state index is 0.0232. The molecule has 0 aromatic heterocycles. The summed E-state index contributed by atoms with van der Waals surface area (Å²) in [7, 11) is 1.68. The Labute approximate surface area is 170 Å². The Hall–Kier alpha value is -3.35. The van der Waals surface area contributed by atoms with E-state index < -0.39 is 12.0 Å². The first-order valence-electron chi connectivity index (χ1n) is 9.47. The molecule has 1 unspecified atom stereocenters. The van der Waals surface area contributed by atoms with E-state index in [4.69, 9.17) is 0 Å². The number of hydrogen-bond acceptors (Lipinski definition) is 3. The van der Waals surface area contributed by atoms with Gasteiger partial charge in [-0.05, 0) is 18.1 Å². The van der Waals surface area contributed by atoms with E-state index in [1.165, 1.54) is 16.7 Å². The van der Waals surface area contributed by atoms with E-state index in [0.29, 0.717) is 6.54 Å². The summed E-state index contributed by atoms with van der Waals surface area (Å²) in [5.41, 5.74) is 1.85. The van der Waals surface area contributed by atoms with Crippen molar-refractivity contribution in [1.29, 1.82) is 0 Å². The summed E-state index contributed by atoms with van der Waals surface area (Å²) in [6, 6.07) is 17.6. The van der Waals surface area contributed by atoms with Crippen LogP contribution in [0.5, 0.6) is 0 Å². The highest BCUT2D eigenvalue weighted by molar-refractivity contribution is 5.84. The Morgan fingerprint density at radius 3 is 1.97 bits per heavy atom. The van der Waals surface area contributed by atoms with Crippen LogP contribution < -0.4 is 5.32 Å². The lowest BCUT2D eigenvalue weighted by atomic mass is 10.1. The van der Waals surface area contributed by atoms with Crippen molar-refractivity contribution < 1.29 is 19.5 Å². The van der Waals surface area contributed by atoms with Crippen LogP contribution in [0.4, 0.5) is 4.79 Å². The number of carbonyl (C=O) groups is 3. The SMILES string of the molecule is CC(C(=O)O)N(Cc1ccccc1)C(=O)CCNC(=O)N(C)Cc1ccccc1. The van der Waals surface area contributed by atoms with Gasteiger partial charge in [-0.2, -0.15) is 0 Å². The number of nitrogens with zero attached hydrogens (tertiary/aromatic N) is 2. The molecule has 0 heterocycles. The van der Waals surface area contributed by atoms with Crippen LogP contribution in [0.15, 0.2) is 60.7 Å². The lowest BCUT2D eigenvalue weighted by Crippen LogP contribution is -2.44. The molecule has 0 fully saturated rings. The van der Waals surface area contributed by atoms with Gasteiger partial charge in [0, 0.05) is 33.1 Å². The minimum Gasteiger partial charge on any atom is -0.480 e. The number of carbonyl (C=O) groups excluding carboxylic acids is 2. The molecule has 0 aliphatic carbocycles. The number of carboxylic acid groups (broad SMARTS) is 1. The smallest absolute Gasteiger partial charge is 0.326 e. The van der Waals surface area contributed by atoms with Gasteiger partial charge in [-0.3, -0.25) is 4.79 Å². The van der Waals surface area contributed by atoms with Gasteiger partial charge < -0.3 is 20.2 Å². The molecule has 0 bridgehead atoms. The number of carboxylic acids is 1. The summed E-state index contributed by atoms with van der Waals surface area (Å²) in [4.78, 5) is 39.1. The molecular formula is C22H27N3O4. The van der Waals surface area contributed by atoms with Crippen LogP contribution in [0, 0.1) is 0 Å². The fourth-order valence-corrected chi connectivity index (χ4v) is 2.84. The first-order chi connectivity index (χ1) is 13.9. The maximum absolute atomic E-state index is 12.6. The molecule has 0 saturated carbocycles. The molecule has 2 rings (SSSR count). The van der Waals surface area contributed by atoms with Gasteiger partial charge in [0.05, 0.1) is 0 Å². The molecule has 7 heteroatoms. The van der Waals surface area contributed by atoms with Crippen LogP contribution in [0.25, 0.3) is 0 Å². The van der Waals surface area contributed by atoms with Crippen LogP contribution in [0.2, 0.25) is 0 Å². The molecule has 2 aromatic rings. The van der Waals surface area contributed by atoms with E-state index in [0.717, 1.165) is 11.1 Å². The number of amides is 3. The number of aliphatic carboxylic acids is 1. The zero-order valence-corrected chi connectivity index (χ0v) is 16.7. The maximum atomic E-state index is 12.6. The molecule has 154 valence electrons. The van der Waals surface area contributed by atoms with Gasteiger partial charge in [0.15, 0.2) is 0 Å². The molecule has 3 amide bonds. The van der Waals surface area contributed by atoms with Crippen molar-refractivity contribution in [2.24, 2.45) is 0 Å². The predicted molar refractivity (Wildman–Crippen MR) is 110 cm³/mol. The summed E-state index contributed by atoms with van der Waals surface area (Å²) in [6.07, 6.45) is 0.0232. The molecule has 0 spiro atoms. The zero-order chi connectivity index (χ0) is 21.2. The predicted octanol–water partition coefficient (Wildman–Crippen LogP) is 2.72. The Bertz CT molecular complexity index is 811. The molecule has 2 aromatic carbocycles. The van der Waals surface area contributed by atoms with Crippen LogP contribution in [-0.2, 0) is 22.7 Å². The Kier molecular flexibility index (Phi) is 8.21. The molecule has 0 radical (unpaired) electrons. The molecule has 0 saturated heterocycles. The summed E-state index contributed by atoms with van der Waals surface area (Å²) in [5.74, 6) is -1.39. The fourth-order valence-electron chi connectivity index (χ4n) is 2.84. The van der Waals surface area contributed by atoms with Crippen LogP contribution >= 0.6 is 0 Å². The first kappa shape index (κ1) is 21.9. The van der Waals surface area contributed by atoms with Crippen molar-refractivity contribution in [3.63, 3.8) is 0 Å². The summed E-state index contributed by atoms with van der Waals surface area (Å²) in [6.45, 7) is 2.27. The second-order valence-corrected chi connectivity index (χ2v) is 6.85. The van der Waals surface area contributed by atoms with Gasteiger partial charge in [-0.1, -0.05) is 60.7 Å². The van der Waals surface area contributed by atoms with E-state index in [1.54, 1.807) is 7.05 Å². The van der Waals surface area contributed by atoms with Crippen molar-refractivity contribution in [3.8, 4) is 0 Å². The molecule has 1 atom stereocenters. The highest BCUT2D eigenvalue weighted by Crippen LogP contribution is 2.11. The quantitative estimate of drug-likeness (QED) is 0.681. The van der Waals surface area contributed by atoms with E-state index in [9.17, 15) is 19.5 Å². The number of benzene rings is 2. The van der Waals surface area contributed by atoms with E-state index in [1.807, 2.05) is 60.7 Å². The average Bonchev–Trinajstić information content (AvgIpc) is 2.72. The first-order valence-corrected chi connectivity index (χ1v) is 9.47. The van der Waals surface area contributed by atoms with Gasteiger partial charge in [0.25, 0.3) is 0 Å². The third kappa shape index (κ3) is 6.95. The Morgan fingerprint density at radius 2 is 1.45 bits per heavy atom. The highest BCUT2D eigenvalue weighted by atomic mass is 16.4. The van der Waals surface area contributed by atoms with Gasteiger partial charge in [-0.15, -0.1) is 0 Å². The summed E-state index contributed by atoms with van der Waals surface area (Å²) >= 11 is 0.